The van der Waals surface area contributed by atoms with Gasteiger partial charge >= 0.3 is 0 Å². The van der Waals surface area contributed by atoms with Crippen LogP contribution in [0, 0.1) is 11.6 Å². The maximum absolute atomic E-state index is 13.1. The molecule has 1 unspecified atom stereocenters. The molecule has 1 atom stereocenters. The fourth-order valence-corrected chi connectivity index (χ4v) is 2.11. The molecule has 0 aliphatic heterocycles. The van der Waals surface area contributed by atoms with Gasteiger partial charge in [-0.15, -0.1) is 0 Å². The molecular weight excluding hydrogens is 270 g/mol. The first-order chi connectivity index (χ1) is 9.04. The summed E-state index contributed by atoms with van der Waals surface area (Å²) >= 11 is 5.94. The van der Waals surface area contributed by atoms with E-state index in [0.29, 0.717) is 17.0 Å². The molecule has 2 aromatic carbocycles. The van der Waals surface area contributed by atoms with Crippen molar-refractivity contribution in [1.29, 1.82) is 0 Å². The topological polar surface area (TPSA) is 20.2 Å². The molecule has 0 saturated heterocycles. The second-order valence-corrected chi connectivity index (χ2v) is 4.83. The Labute approximate surface area is 115 Å². The van der Waals surface area contributed by atoms with Crippen molar-refractivity contribution in [1.82, 2.24) is 0 Å². The fourth-order valence-electron chi connectivity index (χ4n) is 1.92. The molecule has 0 bridgehead atoms. The summed E-state index contributed by atoms with van der Waals surface area (Å²) in [5, 5.41) is 10.4. The summed E-state index contributed by atoms with van der Waals surface area (Å²) in [7, 11) is 0. The van der Waals surface area contributed by atoms with Gasteiger partial charge in [0.15, 0.2) is 0 Å². The molecule has 0 fully saturated rings. The Balaban J connectivity index is 2.02. The molecule has 1 N–H and O–H groups in total. The minimum Gasteiger partial charge on any atom is -0.392 e. The highest BCUT2D eigenvalue weighted by molar-refractivity contribution is 6.31. The Morgan fingerprint density at radius 1 is 0.947 bits per heavy atom. The van der Waals surface area contributed by atoms with E-state index in [2.05, 4.69) is 0 Å². The van der Waals surface area contributed by atoms with Gasteiger partial charge in [-0.1, -0.05) is 23.7 Å². The van der Waals surface area contributed by atoms with Gasteiger partial charge in [-0.3, -0.25) is 0 Å². The summed E-state index contributed by atoms with van der Waals surface area (Å²) in [6.07, 6.45) is -0.0640. The van der Waals surface area contributed by atoms with Gasteiger partial charge in [0.05, 0.1) is 6.10 Å². The van der Waals surface area contributed by atoms with Crippen LogP contribution in [-0.2, 0) is 12.8 Å². The molecule has 0 amide bonds. The first kappa shape index (κ1) is 14.0. The summed E-state index contributed by atoms with van der Waals surface area (Å²) in [5.41, 5.74) is 1.39. The minimum atomic E-state index is -0.690. The van der Waals surface area contributed by atoms with E-state index in [4.69, 9.17) is 11.6 Å². The molecule has 0 aromatic heterocycles. The van der Waals surface area contributed by atoms with Crippen LogP contribution in [0.25, 0.3) is 0 Å². The van der Waals surface area contributed by atoms with Crippen molar-refractivity contribution >= 4 is 11.6 Å². The van der Waals surface area contributed by atoms with Crippen molar-refractivity contribution < 1.29 is 13.9 Å². The lowest BCUT2D eigenvalue weighted by Gasteiger charge is -2.12. The van der Waals surface area contributed by atoms with E-state index >= 15 is 0 Å². The number of hydrogen-bond acceptors (Lipinski definition) is 1. The van der Waals surface area contributed by atoms with Gasteiger partial charge in [0, 0.05) is 11.4 Å². The second-order valence-electron chi connectivity index (χ2n) is 4.42. The number of halogens is 3. The summed E-state index contributed by atoms with van der Waals surface area (Å²) in [6.45, 7) is 0. The third-order valence-corrected chi connectivity index (χ3v) is 3.22. The van der Waals surface area contributed by atoms with E-state index in [9.17, 15) is 13.9 Å². The molecule has 0 spiro atoms. The molecule has 0 heterocycles. The van der Waals surface area contributed by atoms with Gasteiger partial charge in [0.1, 0.15) is 11.6 Å². The molecule has 0 radical (unpaired) electrons. The van der Waals surface area contributed by atoms with Crippen molar-refractivity contribution in [3.05, 3.63) is 70.2 Å². The quantitative estimate of drug-likeness (QED) is 0.905. The number of aliphatic hydroxyl groups excluding tert-OH is 1. The van der Waals surface area contributed by atoms with Crippen molar-refractivity contribution in [2.45, 2.75) is 18.9 Å². The molecular formula is C15H13ClF2O. The summed E-state index contributed by atoms with van der Waals surface area (Å²) in [4.78, 5) is 0. The van der Waals surface area contributed by atoms with Crippen LogP contribution < -0.4 is 0 Å². The molecule has 0 aliphatic carbocycles. The highest BCUT2D eigenvalue weighted by atomic mass is 35.5. The Hall–Kier alpha value is -1.45. The van der Waals surface area contributed by atoms with Gasteiger partial charge in [0.2, 0.25) is 0 Å². The molecule has 100 valence electrons. The Kier molecular flexibility index (Phi) is 4.51. The minimum absolute atomic E-state index is 0.258. The van der Waals surface area contributed by atoms with Crippen LogP contribution in [0.3, 0.4) is 0 Å². The zero-order valence-electron chi connectivity index (χ0n) is 10.1. The second kappa shape index (κ2) is 6.13. The molecule has 2 rings (SSSR count). The van der Waals surface area contributed by atoms with Gasteiger partial charge in [-0.05, 0) is 47.9 Å². The first-order valence-corrected chi connectivity index (χ1v) is 6.29. The van der Waals surface area contributed by atoms with Gasteiger partial charge in [0.25, 0.3) is 0 Å². The summed E-state index contributed by atoms with van der Waals surface area (Å²) in [5.74, 6) is -0.695. The van der Waals surface area contributed by atoms with E-state index in [0.717, 1.165) is 5.56 Å². The number of hydrogen-bond donors (Lipinski definition) is 1. The Morgan fingerprint density at radius 3 is 2.26 bits per heavy atom. The molecule has 1 nitrogen and oxygen atoms in total. The van der Waals surface area contributed by atoms with Crippen LogP contribution in [0.15, 0.2) is 42.5 Å². The zero-order valence-corrected chi connectivity index (χ0v) is 10.9. The fraction of sp³-hybridized carbons (Fsp3) is 0.200. The van der Waals surface area contributed by atoms with Crippen molar-refractivity contribution in [3.8, 4) is 0 Å². The standard InChI is InChI=1S/C15H13ClF2O/c16-15-6-5-13(18)8-11(15)9-14(19)7-10-1-3-12(17)4-2-10/h1-6,8,14,19H,7,9H2. The largest absolute Gasteiger partial charge is 0.392 e. The lowest BCUT2D eigenvalue weighted by atomic mass is 10.0. The molecule has 2 aromatic rings. The maximum atomic E-state index is 13.1. The molecule has 4 heteroatoms. The predicted molar refractivity (Wildman–Crippen MR) is 71.2 cm³/mol. The number of rotatable bonds is 4. The van der Waals surface area contributed by atoms with Gasteiger partial charge in [-0.25, -0.2) is 8.78 Å². The molecule has 19 heavy (non-hydrogen) atoms. The van der Waals surface area contributed by atoms with Gasteiger partial charge < -0.3 is 5.11 Å². The van der Waals surface area contributed by atoms with Crippen LogP contribution in [0.2, 0.25) is 5.02 Å². The van der Waals surface area contributed by atoms with Crippen molar-refractivity contribution in [2.24, 2.45) is 0 Å². The van der Waals surface area contributed by atoms with E-state index in [-0.39, 0.29) is 18.1 Å². The number of benzene rings is 2. The Bertz CT molecular complexity index is 555. The van der Waals surface area contributed by atoms with E-state index < -0.39 is 6.10 Å². The smallest absolute Gasteiger partial charge is 0.123 e. The SMILES string of the molecule is OC(Cc1ccc(F)cc1)Cc1cc(F)ccc1Cl. The van der Waals surface area contributed by atoms with Crippen LogP contribution in [0.5, 0.6) is 0 Å². The van der Waals surface area contributed by atoms with Crippen LogP contribution in [0.1, 0.15) is 11.1 Å². The normalized spacial score (nSPS) is 12.4. The van der Waals surface area contributed by atoms with Crippen LogP contribution in [0.4, 0.5) is 8.78 Å². The predicted octanol–water partition coefficient (Wildman–Crippen LogP) is 3.76. The summed E-state index contributed by atoms with van der Waals surface area (Å²) < 4.78 is 25.8. The van der Waals surface area contributed by atoms with Crippen LogP contribution in [-0.4, -0.2) is 11.2 Å². The van der Waals surface area contributed by atoms with E-state index in [1.165, 1.54) is 30.3 Å². The van der Waals surface area contributed by atoms with Crippen molar-refractivity contribution in [2.75, 3.05) is 0 Å². The zero-order chi connectivity index (χ0) is 13.8. The summed E-state index contributed by atoms with van der Waals surface area (Å²) in [6, 6.07) is 9.98. The average Bonchev–Trinajstić information content (AvgIpc) is 2.37. The van der Waals surface area contributed by atoms with Crippen LogP contribution >= 0.6 is 11.6 Å². The van der Waals surface area contributed by atoms with E-state index in [1.54, 1.807) is 12.1 Å². The highest BCUT2D eigenvalue weighted by Gasteiger charge is 2.10. The van der Waals surface area contributed by atoms with E-state index in [1.807, 2.05) is 0 Å². The van der Waals surface area contributed by atoms with Crippen molar-refractivity contribution in [3.63, 3.8) is 0 Å². The van der Waals surface area contributed by atoms with Gasteiger partial charge in [-0.2, -0.15) is 0 Å². The lowest BCUT2D eigenvalue weighted by Crippen LogP contribution is -2.14. The first-order valence-electron chi connectivity index (χ1n) is 5.91. The highest BCUT2D eigenvalue weighted by Crippen LogP contribution is 2.19. The maximum Gasteiger partial charge on any atom is 0.123 e. The monoisotopic (exact) mass is 282 g/mol. The third kappa shape index (κ3) is 4.01. The average molecular weight is 283 g/mol. The Morgan fingerprint density at radius 2 is 1.58 bits per heavy atom. The molecule has 0 saturated carbocycles. The lowest BCUT2D eigenvalue weighted by molar-refractivity contribution is 0.175. The third-order valence-electron chi connectivity index (χ3n) is 2.85. The number of aliphatic hydroxyl groups is 1. The molecule has 0 aliphatic rings.